The fraction of sp³-hybridized carbons (Fsp3) is 0.404. The molecule has 1 saturated carbocycles. The largest absolute Gasteiger partial charge is 0.668 e. The first-order chi connectivity index (χ1) is 33.4. The van der Waals surface area contributed by atoms with Crippen molar-refractivity contribution in [3.63, 3.8) is 0 Å². The molecule has 1 fully saturated rings. The lowest BCUT2D eigenvalue weighted by Crippen LogP contribution is -2.50. The number of methoxy groups -OCH3 is 1. The fourth-order valence-electron chi connectivity index (χ4n) is 12.2. The number of phenolic OH excluding ortho intramolecular Hbond substituents is 4. The van der Waals surface area contributed by atoms with Crippen molar-refractivity contribution in [2.24, 2.45) is 23.7 Å². The number of fused-ring (bicyclic) bond motifs is 6. The van der Waals surface area contributed by atoms with Crippen molar-refractivity contribution in [1.29, 1.82) is 0 Å². The summed E-state index contributed by atoms with van der Waals surface area (Å²) in [5.41, 5.74) is 4.29. The second-order valence-corrected chi connectivity index (χ2v) is 19.9. The van der Waals surface area contributed by atoms with Gasteiger partial charge in [0.15, 0.2) is 23.0 Å². The van der Waals surface area contributed by atoms with E-state index >= 15 is 4.79 Å². The third-order valence-electron chi connectivity index (χ3n) is 15.3. The van der Waals surface area contributed by atoms with Crippen molar-refractivity contribution in [2.45, 2.75) is 94.5 Å². The molecule has 12 nitrogen and oxygen atoms in total. The van der Waals surface area contributed by atoms with E-state index in [1.54, 1.807) is 48.8 Å². The minimum Gasteiger partial charge on any atom is -0.668 e. The first kappa shape index (κ1) is 47.6. The van der Waals surface area contributed by atoms with Gasteiger partial charge in [-0.25, -0.2) is 4.98 Å². The Hall–Kier alpha value is -6.50. The third-order valence-corrected chi connectivity index (χ3v) is 15.3. The molecule has 362 valence electrons. The highest BCUT2D eigenvalue weighted by atomic mass is 16.5. The number of Topliss-reactive ketones (excluding diaryl/α,β-unsaturated/α-hetero) is 1. The topological polar surface area (TPSA) is 188 Å². The van der Waals surface area contributed by atoms with Crippen LogP contribution in [0.3, 0.4) is 0 Å². The maximum absolute atomic E-state index is 16.2. The Bertz CT molecular complexity index is 2790. The standard InChI is InChI=1S/C57H65N4O8/c1-34-7-4-8-36(23-34)33-69-52-29-39(28-50(66)56(52)67)38-25-40(32-58-2)54-45-15-14-44(62)26-37(45)13-16-46(54)61-53-31-42(19-22-60-53)57(20-5-9-41(57)30-43-10-6-21-59-43)55(49(65)27-38)48(64)18-12-35-11-17-47(63)51(24-35)68-3/h4,6,8,10-11,13-17,19,21-22,24,26,28-29,31,34,36,38,40-41,48,55,58,62-64,66-67H,5,7,9,12,18,20,23,25,27,30,32-33H2,1-3H3,(H,60,61)/q-1/t34-,36+,38-,40-,41+,48+,55-,57-/m0/s1. The molecule has 8 atom stereocenters. The molecule has 2 aromatic heterocycles. The van der Waals surface area contributed by atoms with Crippen molar-refractivity contribution in [3.05, 3.63) is 137 Å². The summed E-state index contributed by atoms with van der Waals surface area (Å²) >= 11 is 0. The number of aromatic nitrogens is 2. The number of aliphatic hydroxyl groups is 1. The van der Waals surface area contributed by atoms with Crippen LogP contribution in [-0.4, -0.2) is 69.7 Å². The number of aliphatic hydroxyl groups excluding tert-OH is 1. The SMILES string of the molecule is CNC[C@@H]1C[C@H](c2cc(O)c(O)c(OC[C@@H]3C=CC[C@H](C)C3)c2)CC(=O)[C@H]([C@H](O)CCc2ccc(O)c(OC)c2)[C@]2(CCC[C@@H]2Cc2ccc[n-]2)c2ccnc(c2)Nc2ccc3cc(O)ccc3c21. The van der Waals surface area contributed by atoms with Gasteiger partial charge in [0.05, 0.1) is 25.7 Å². The van der Waals surface area contributed by atoms with Crippen LogP contribution in [0.5, 0.6) is 34.5 Å². The maximum Gasteiger partial charge on any atom is 0.200 e. The van der Waals surface area contributed by atoms with Gasteiger partial charge in [-0.1, -0.05) is 55.8 Å². The van der Waals surface area contributed by atoms with E-state index in [4.69, 9.17) is 19.4 Å². The van der Waals surface area contributed by atoms with Gasteiger partial charge in [0.2, 0.25) is 5.75 Å². The molecule has 2 bridgehead atoms. The minimum absolute atomic E-state index is 0.0108. The van der Waals surface area contributed by atoms with Crippen LogP contribution in [0.15, 0.2) is 109 Å². The minimum atomic E-state index is -1.10. The molecule has 6 aromatic rings. The van der Waals surface area contributed by atoms with Crippen LogP contribution in [0.25, 0.3) is 10.8 Å². The van der Waals surface area contributed by atoms with Gasteiger partial charge >= 0.3 is 0 Å². The molecule has 2 aliphatic carbocycles. The normalized spacial score (nSPS) is 24.2. The number of carbonyl (C=O) groups excluding carboxylic acids is 1. The van der Waals surface area contributed by atoms with Crippen molar-refractivity contribution in [3.8, 4) is 34.5 Å². The molecule has 0 unspecified atom stereocenters. The van der Waals surface area contributed by atoms with Gasteiger partial charge in [0.25, 0.3) is 0 Å². The average Bonchev–Trinajstić information content (AvgIpc) is 4.02. The number of hydrogen-bond donors (Lipinski definition) is 7. The third kappa shape index (κ3) is 10.0. The molecule has 9 rings (SSSR count). The van der Waals surface area contributed by atoms with Gasteiger partial charge in [-0.3, -0.25) is 4.79 Å². The lowest BCUT2D eigenvalue weighted by molar-refractivity contribution is -0.132. The fourth-order valence-corrected chi connectivity index (χ4v) is 12.2. The van der Waals surface area contributed by atoms with Gasteiger partial charge in [0, 0.05) is 36.2 Å². The predicted molar refractivity (Wildman–Crippen MR) is 268 cm³/mol. The van der Waals surface area contributed by atoms with Gasteiger partial charge in [0.1, 0.15) is 17.4 Å². The molecule has 1 aliphatic heterocycles. The number of anilines is 2. The van der Waals surface area contributed by atoms with Crippen LogP contribution < -0.4 is 25.1 Å². The van der Waals surface area contributed by atoms with E-state index in [0.29, 0.717) is 61.9 Å². The summed E-state index contributed by atoms with van der Waals surface area (Å²) < 4.78 is 11.8. The number of ketones is 1. The maximum atomic E-state index is 16.2. The summed E-state index contributed by atoms with van der Waals surface area (Å²) in [6, 6.07) is 25.9. The number of aryl methyl sites for hydroxylation is 1. The molecule has 12 heteroatoms. The molecular weight excluding hydrogens is 869 g/mol. The van der Waals surface area contributed by atoms with Gasteiger partial charge < -0.3 is 50.6 Å². The highest BCUT2D eigenvalue weighted by Gasteiger charge is 2.54. The highest BCUT2D eigenvalue weighted by molar-refractivity contribution is 5.93. The van der Waals surface area contributed by atoms with E-state index in [1.807, 2.05) is 49.5 Å². The molecule has 4 aromatic carbocycles. The number of carbonyl (C=O) groups is 1. The Morgan fingerprint density at radius 2 is 1.84 bits per heavy atom. The van der Waals surface area contributed by atoms with E-state index < -0.39 is 23.4 Å². The van der Waals surface area contributed by atoms with Crippen molar-refractivity contribution < 1.29 is 39.8 Å². The molecule has 3 aliphatic rings. The summed E-state index contributed by atoms with van der Waals surface area (Å²) in [7, 11) is 3.40. The summed E-state index contributed by atoms with van der Waals surface area (Å²) in [5, 5.41) is 65.8. The summed E-state index contributed by atoms with van der Waals surface area (Å²) in [6.07, 6.45) is 12.8. The zero-order chi connectivity index (χ0) is 48.2. The molecule has 0 amide bonds. The summed E-state index contributed by atoms with van der Waals surface area (Å²) in [4.78, 5) is 25.8. The van der Waals surface area contributed by atoms with Crippen LogP contribution >= 0.6 is 0 Å². The number of nitrogens with zero attached hydrogens (tertiary/aromatic N) is 2. The Labute approximate surface area is 404 Å². The summed E-state index contributed by atoms with van der Waals surface area (Å²) in [5.74, 6) is -0.631. The van der Waals surface area contributed by atoms with E-state index in [2.05, 4.69) is 35.8 Å². The Balaban J connectivity index is 1.22. The quantitative estimate of drug-likeness (QED) is 0.0430. The van der Waals surface area contributed by atoms with Crippen LogP contribution in [0, 0.1) is 23.7 Å². The first-order valence-corrected chi connectivity index (χ1v) is 24.6. The molecule has 69 heavy (non-hydrogen) atoms. The number of allylic oxidation sites excluding steroid dienone is 1. The van der Waals surface area contributed by atoms with Crippen LogP contribution in [0.4, 0.5) is 11.5 Å². The number of likely N-dealkylation sites (N-methyl/N-ethyl adjacent to an activating group) is 1. The smallest absolute Gasteiger partial charge is 0.200 e. The molecule has 0 radical (unpaired) electrons. The average molecular weight is 934 g/mol. The second kappa shape index (κ2) is 20.6. The van der Waals surface area contributed by atoms with E-state index in [9.17, 15) is 25.5 Å². The lowest BCUT2D eigenvalue weighted by atomic mass is 9.58. The number of nitrogens with one attached hydrogen (secondary N) is 2. The summed E-state index contributed by atoms with van der Waals surface area (Å²) in [6.45, 7) is 3.03. The van der Waals surface area contributed by atoms with Crippen LogP contribution in [0.1, 0.15) is 98.1 Å². The molecule has 0 saturated heterocycles. The predicted octanol–water partition coefficient (Wildman–Crippen LogP) is 10.1. The number of ether oxygens (including phenoxy) is 2. The Kier molecular flexibility index (Phi) is 14.2. The number of hydrogen-bond acceptors (Lipinski definition) is 11. The van der Waals surface area contributed by atoms with Crippen molar-refractivity contribution >= 4 is 28.1 Å². The Morgan fingerprint density at radius 3 is 2.64 bits per heavy atom. The molecule has 1 spiro atoms. The number of phenols is 4. The van der Waals surface area contributed by atoms with Crippen molar-refractivity contribution in [1.82, 2.24) is 15.3 Å². The highest BCUT2D eigenvalue weighted by Crippen LogP contribution is 2.56. The van der Waals surface area contributed by atoms with Gasteiger partial charge in [-0.15, -0.1) is 0 Å². The number of pyridine rings is 1. The zero-order valence-electron chi connectivity index (χ0n) is 39.8. The molecular formula is C57H65N4O8-. The van der Waals surface area contributed by atoms with E-state index in [-0.39, 0.29) is 65.1 Å². The zero-order valence-corrected chi connectivity index (χ0v) is 39.8. The van der Waals surface area contributed by atoms with Gasteiger partial charge in [-0.2, -0.15) is 11.9 Å². The number of aromatic hydroxyl groups is 4. The Morgan fingerprint density at radius 1 is 0.971 bits per heavy atom. The van der Waals surface area contributed by atoms with E-state index in [0.717, 1.165) is 64.5 Å². The number of benzene rings is 4. The lowest BCUT2D eigenvalue weighted by Gasteiger charge is -2.45. The second-order valence-electron chi connectivity index (χ2n) is 19.9. The van der Waals surface area contributed by atoms with Crippen LogP contribution in [-0.2, 0) is 23.1 Å². The molecule has 3 heterocycles. The molecule has 7 N–H and O–H groups in total. The monoisotopic (exact) mass is 933 g/mol. The van der Waals surface area contributed by atoms with E-state index in [1.165, 1.54) is 7.11 Å². The first-order valence-electron chi connectivity index (χ1n) is 24.6. The van der Waals surface area contributed by atoms with Crippen molar-refractivity contribution in [2.75, 3.05) is 32.6 Å². The van der Waals surface area contributed by atoms with Gasteiger partial charge in [-0.05, 0) is 170 Å². The number of rotatable bonds is 13. The van der Waals surface area contributed by atoms with Crippen LogP contribution in [0.2, 0.25) is 0 Å².